The van der Waals surface area contributed by atoms with E-state index in [0.29, 0.717) is 18.8 Å². The fourth-order valence-corrected chi connectivity index (χ4v) is 4.49. The molecule has 2 aromatic carbocycles. The number of benzene rings is 2. The van der Waals surface area contributed by atoms with Crippen LogP contribution in [0.4, 0.5) is 5.69 Å². The number of para-hydroxylation sites is 1. The van der Waals surface area contributed by atoms with Crippen LogP contribution in [-0.2, 0) is 30.7 Å². The van der Waals surface area contributed by atoms with Crippen LogP contribution >= 0.6 is 0 Å². The van der Waals surface area contributed by atoms with E-state index in [1.54, 1.807) is 4.90 Å². The Labute approximate surface area is 180 Å². The van der Waals surface area contributed by atoms with Crippen molar-refractivity contribution >= 4 is 11.6 Å². The van der Waals surface area contributed by atoms with Gasteiger partial charge in [0.25, 0.3) is 5.91 Å². The Morgan fingerprint density at radius 1 is 1.03 bits per heavy atom. The Morgan fingerprint density at radius 2 is 1.81 bits per heavy atom. The molecule has 0 saturated carbocycles. The summed E-state index contributed by atoms with van der Waals surface area (Å²) in [4.78, 5) is 28.2. The standard InChI is InChI=1S/C25H24N2O4/c28-23-13-21(15-26-11-9-18-5-1-2-7-20(18)14-26)30-16-24(23)31-17-25(29)27-12-10-19-6-3-4-8-22(19)27/h1-8,13,16H,9-12,14-15,17H2/p+1. The van der Waals surface area contributed by atoms with Crippen LogP contribution in [0.5, 0.6) is 5.75 Å². The third kappa shape index (κ3) is 4.11. The Balaban J connectivity index is 1.20. The fraction of sp³-hybridized carbons (Fsp3) is 0.280. The highest BCUT2D eigenvalue weighted by molar-refractivity contribution is 5.96. The van der Waals surface area contributed by atoms with Crippen LogP contribution in [0.3, 0.4) is 0 Å². The third-order valence-electron chi connectivity index (χ3n) is 6.12. The minimum Gasteiger partial charge on any atom is -0.477 e. The van der Waals surface area contributed by atoms with Gasteiger partial charge in [0.2, 0.25) is 11.2 Å². The van der Waals surface area contributed by atoms with E-state index in [1.165, 1.54) is 28.4 Å². The van der Waals surface area contributed by atoms with Crippen molar-refractivity contribution < 1.29 is 18.8 Å². The van der Waals surface area contributed by atoms with Crippen molar-refractivity contribution in [3.05, 3.63) is 93.5 Å². The van der Waals surface area contributed by atoms with Gasteiger partial charge in [0.05, 0.1) is 6.54 Å². The SMILES string of the molecule is O=C(COc1coc(C[NH+]2CCc3ccccc3C2)cc1=O)N1CCc2ccccc21. The predicted octanol–water partition coefficient (Wildman–Crippen LogP) is 1.75. The number of nitrogens with one attached hydrogen (secondary N) is 1. The van der Waals surface area contributed by atoms with Crippen molar-refractivity contribution in [2.75, 3.05) is 24.6 Å². The number of anilines is 1. The van der Waals surface area contributed by atoms with Gasteiger partial charge in [0, 0.05) is 30.3 Å². The molecule has 0 aliphatic carbocycles. The van der Waals surface area contributed by atoms with Crippen LogP contribution < -0.4 is 20.0 Å². The number of hydrogen-bond donors (Lipinski definition) is 1. The highest BCUT2D eigenvalue weighted by Gasteiger charge is 2.25. The number of rotatable bonds is 5. The number of carbonyl (C=O) groups excluding carboxylic acids is 1. The molecule has 0 spiro atoms. The maximum atomic E-state index is 12.6. The fourth-order valence-electron chi connectivity index (χ4n) is 4.49. The molecule has 3 aromatic rings. The van der Waals surface area contributed by atoms with E-state index < -0.39 is 0 Å². The van der Waals surface area contributed by atoms with Gasteiger partial charge in [0.1, 0.15) is 19.4 Å². The zero-order valence-electron chi connectivity index (χ0n) is 17.3. The number of nitrogens with zero attached hydrogens (tertiary/aromatic N) is 1. The lowest BCUT2D eigenvalue weighted by Gasteiger charge is -2.25. The van der Waals surface area contributed by atoms with E-state index >= 15 is 0 Å². The van der Waals surface area contributed by atoms with Crippen molar-refractivity contribution in [3.8, 4) is 5.75 Å². The van der Waals surface area contributed by atoms with E-state index in [-0.39, 0.29) is 23.7 Å². The highest BCUT2D eigenvalue weighted by Crippen LogP contribution is 2.27. The first-order chi connectivity index (χ1) is 15.2. The van der Waals surface area contributed by atoms with E-state index in [4.69, 9.17) is 9.15 Å². The zero-order valence-corrected chi connectivity index (χ0v) is 17.3. The number of carbonyl (C=O) groups is 1. The lowest BCUT2D eigenvalue weighted by molar-refractivity contribution is -0.930. The molecule has 6 nitrogen and oxygen atoms in total. The van der Waals surface area contributed by atoms with Crippen LogP contribution in [0.15, 0.2) is 70.1 Å². The number of fused-ring (bicyclic) bond motifs is 2. The summed E-state index contributed by atoms with van der Waals surface area (Å²) >= 11 is 0. The molecule has 1 N–H and O–H groups in total. The molecule has 6 heteroatoms. The average molecular weight is 417 g/mol. The van der Waals surface area contributed by atoms with Gasteiger partial charge in [-0.15, -0.1) is 0 Å². The largest absolute Gasteiger partial charge is 0.477 e. The van der Waals surface area contributed by atoms with Gasteiger partial charge in [-0.1, -0.05) is 42.5 Å². The van der Waals surface area contributed by atoms with Crippen LogP contribution in [0.25, 0.3) is 0 Å². The molecule has 158 valence electrons. The van der Waals surface area contributed by atoms with E-state index in [9.17, 15) is 9.59 Å². The normalized spacial score (nSPS) is 17.2. The van der Waals surface area contributed by atoms with Gasteiger partial charge in [-0.05, 0) is 23.6 Å². The minimum atomic E-state index is -0.257. The Kier molecular flexibility index (Phi) is 5.30. The molecule has 1 aromatic heterocycles. The smallest absolute Gasteiger partial charge is 0.264 e. The summed E-state index contributed by atoms with van der Waals surface area (Å²) in [6.45, 7) is 3.02. The first-order valence-electron chi connectivity index (χ1n) is 10.7. The Morgan fingerprint density at radius 3 is 2.65 bits per heavy atom. The molecule has 0 bridgehead atoms. The lowest BCUT2D eigenvalue weighted by atomic mass is 10.00. The van der Waals surface area contributed by atoms with Gasteiger partial charge < -0.3 is 19.0 Å². The summed E-state index contributed by atoms with van der Waals surface area (Å²) in [5.41, 5.74) is 4.58. The first-order valence-corrected chi connectivity index (χ1v) is 10.7. The second-order valence-electron chi connectivity index (χ2n) is 8.16. The van der Waals surface area contributed by atoms with Crippen molar-refractivity contribution in [2.45, 2.75) is 25.9 Å². The van der Waals surface area contributed by atoms with Crippen LogP contribution in [0, 0.1) is 0 Å². The molecule has 1 unspecified atom stereocenters. The number of hydrogen-bond acceptors (Lipinski definition) is 4. The van der Waals surface area contributed by atoms with Gasteiger partial charge in [-0.2, -0.15) is 0 Å². The molecule has 0 radical (unpaired) electrons. The average Bonchev–Trinajstić information content (AvgIpc) is 3.23. The Bertz CT molecular complexity index is 1170. The second-order valence-corrected chi connectivity index (χ2v) is 8.16. The van der Waals surface area contributed by atoms with E-state index in [2.05, 4.69) is 24.3 Å². The molecule has 31 heavy (non-hydrogen) atoms. The zero-order chi connectivity index (χ0) is 21.2. The van der Waals surface area contributed by atoms with Crippen LogP contribution in [-0.4, -0.2) is 25.6 Å². The van der Waals surface area contributed by atoms with Crippen LogP contribution in [0.2, 0.25) is 0 Å². The molecular formula is C25H25N2O4+. The predicted molar refractivity (Wildman–Crippen MR) is 116 cm³/mol. The van der Waals surface area contributed by atoms with E-state index in [1.807, 2.05) is 24.3 Å². The maximum Gasteiger partial charge on any atom is 0.264 e. The topological polar surface area (TPSA) is 64.2 Å². The monoisotopic (exact) mass is 417 g/mol. The molecule has 1 atom stereocenters. The molecule has 2 aliphatic rings. The Hall–Kier alpha value is -3.38. The molecule has 0 fully saturated rings. The van der Waals surface area contributed by atoms with E-state index in [0.717, 1.165) is 37.2 Å². The van der Waals surface area contributed by atoms with Crippen molar-refractivity contribution in [2.24, 2.45) is 0 Å². The molecule has 2 aliphatic heterocycles. The summed E-state index contributed by atoms with van der Waals surface area (Å²) in [7, 11) is 0. The lowest BCUT2D eigenvalue weighted by Crippen LogP contribution is -3.10. The minimum absolute atomic E-state index is 0.0728. The quantitative estimate of drug-likeness (QED) is 0.687. The number of quaternary nitrogens is 1. The van der Waals surface area contributed by atoms with Gasteiger partial charge >= 0.3 is 0 Å². The number of ether oxygens (including phenoxy) is 1. The van der Waals surface area contributed by atoms with Gasteiger partial charge in [-0.3, -0.25) is 9.59 Å². The molecule has 3 heterocycles. The van der Waals surface area contributed by atoms with Gasteiger partial charge in [0.15, 0.2) is 12.4 Å². The summed E-state index contributed by atoms with van der Waals surface area (Å²) in [5, 5.41) is 0. The van der Waals surface area contributed by atoms with Crippen molar-refractivity contribution in [1.29, 1.82) is 0 Å². The second kappa shape index (κ2) is 8.40. The summed E-state index contributed by atoms with van der Waals surface area (Å²) in [6.07, 6.45) is 3.20. The van der Waals surface area contributed by atoms with Crippen LogP contribution in [0.1, 0.15) is 22.5 Å². The summed E-state index contributed by atoms with van der Waals surface area (Å²) in [6, 6.07) is 17.8. The summed E-state index contributed by atoms with van der Waals surface area (Å²) < 4.78 is 11.2. The van der Waals surface area contributed by atoms with Gasteiger partial charge in [-0.25, -0.2) is 0 Å². The molecular weight excluding hydrogens is 392 g/mol. The molecule has 5 rings (SSSR count). The molecule has 0 saturated heterocycles. The highest BCUT2D eigenvalue weighted by atomic mass is 16.5. The van der Waals surface area contributed by atoms with Crippen molar-refractivity contribution in [1.82, 2.24) is 0 Å². The first kappa shape index (κ1) is 19.6. The van der Waals surface area contributed by atoms with Crippen molar-refractivity contribution in [3.63, 3.8) is 0 Å². The summed E-state index contributed by atoms with van der Waals surface area (Å²) in [5.74, 6) is 0.542. The molecule has 1 amide bonds. The third-order valence-corrected chi connectivity index (χ3v) is 6.12. The maximum absolute atomic E-state index is 12.6. The number of amides is 1.